The number of aryl methyl sites for hydroxylation is 3. The van der Waals surface area contributed by atoms with Gasteiger partial charge in [0.1, 0.15) is 5.75 Å². The Kier molecular flexibility index (Phi) is 4.54. The maximum atomic E-state index is 5.41. The van der Waals surface area contributed by atoms with E-state index in [2.05, 4.69) is 61.3 Å². The molecule has 162 valence electrons. The monoisotopic (exact) mass is 424 g/mol. The first-order valence-electron chi connectivity index (χ1n) is 11.5. The van der Waals surface area contributed by atoms with Crippen LogP contribution in [0.25, 0.3) is 16.8 Å². The first-order valence-corrected chi connectivity index (χ1v) is 11.5. The summed E-state index contributed by atoms with van der Waals surface area (Å²) < 4.78 is 7.40. The highest BCUT2D eigenvalue weighted by Crippen LogP contribution is 2.39. The Morgan fingerprint density at radius 3 is 2.66 bits per heavy atom. The molecule has 4 aromatic rings. The summed E-state index contributed by atoms with van der Waals surface area (Å²) in [6, 6.07) is 15.5. The molecule has 1 unspecified atom stereocenters. The standard InChI is InChI=1S/C27H28N4O/c1-17-14-22(32-3)9-10-23(17)25-18(2)29-31-16-21-8-11-24(26(21)28-27(25)31)30-13-12-19-6-4-5-7-20(19)15-30/h4-7,9-10,14,16,24H,8,11-13,15H2,1-3H3. The van der Waals surface area contributed by atoms with Crippen molar-refractivity contribution in [2.75, 3.05) is 13.7 Å². The van der Waals surface area contributed by atoms with Gasteiger partial charge in [-0.1, -0.05) is 30.3 Å². The van der Waals surface area contributed by atoms with Gasteiger partial charge in [-0.3, -0.25) is 4.90 Å². The third kappa shape index (κ3) is 3.03. The highest BCUT2D eigenvalue weighted by molar-refractivity contribution is 5.82. The average molecular weight is 425 g/mol. The second kappa shape index (κ2) is 7.45. The Morgan fingerprint density at radius 2 is 1.84 bits per heavy atom. The van der Waals surface area contributed by atoms with Crippen molar-refractivity contribution >= 4 is 5.65 Å². The predicted octanol–water partition coefficient (Wildman–Crippen LogP) is 5.07. The van der Waals surface area contributed by atoms with Crippen molar-refractivity contribution in [2.24, 2.45) is 0 Å². The van der Waals surface area contributed by atoms with Crippen LogP contribution in [-0.2, 0) is 19.4 Å². The summed E-state index contributed by atoms with van der Waals surface area (Å²) in [4.78, 5) is 7.90. The molecule has 2 aromatic carbocycles. The first kappa shape index (κ1) is 19.5. The lowest BCUT2D eigenvalue weighted by atomic mass is 9.98. The molecule has 0 amide bonds. The molecule has 6 rings (SSSR count). The molecule has 1 aliphatic heterocycles. The molecule has 3 heterocycles. The molecule has 0 radical (unpaired) electrons. The molecule has 5 heteroatoms. The van der Waals surface area contributed by atoms with Crippen molar-refractivity contribution in [3.63, 3.8) is 0 Å². The molecule has 0 spiro atoms. The summed E-state index contributed by atoms with van der Waals surface area (Å²) in [6.07, 6.45) is 5.53. The molecule has 2 aromatic heterocycles. The van der Waals surface area contributed by atoms with Crippen LogP contribution < -0.4 is 4.74 Å². The van der Waals surface area contributed by atoms with Gasteiger partial charge in [0.05, 0.1) is 24.5 Å². The fourth-order valence-electron chi connectivity index (χ4n) is 5.54. The van der Waals surface area contributed by atoms with E-state index >= 15 is 0 Å². The number of nitrogens with zero attached hydrogens (tertiary/aromatic N) is 4. The predicted molar refractivity (Wildman–Crippen MR) is 126 cm³/mol. The molecule has 0 fully saturated rings. The number of methoxy groups -OCH3 is 1. The zero-order valence-corrected chi connectivity index (χ0v) is 18.9. The maximum absolute atomic E-state index is 5.41. The van der Waals surface area contributed by atoms with Crippen molar-refractivity contribution < 1.29 is 4.74 Å². The van der Waals surface area contributed by atoms with E-state index in [1.807, 2.05) is 10.6 Å². The van der Waals surface area contributed by atoms with E-state index in [9.17, 15) is 0 Å². The molecular weight excluding hydrogens is 396 g/mol. The largest absolute Gasteiger partial charge is 0.497 e. The van der Waals surface area contributed by atoms with Gasteiger partial charge in [0, 0.05) is 24.8 Å². The molecule has 0 bridgehead atoms. The molecule has 32 heavy (non-hydrogen) atoms. The molecule has 2 aliphatic rings. The van der Waals surface area contributed by atoms with Crippen molar-refractivity contribution in [3.8, 4) is 16.9 Å². The van der Waals surface area contributed by atoms with Crippen molar-refractivity contribution in [3.05, 3.63) is 82.3 Å². The van der Waals surface area contributed by atoms with Crippen molar-refractivity contribution in [2.45, 2.75) is 45.7 Å². The molecular formula is C27H28N4O. The van der Waals surface area contributed by atoms with Gasteiger partial charge in [-0.2, -0.15) is 5.10 Å². The lowest BCUT2D eigenvalue weighted by Gasteiger charge is -2.33. The Balaban J connectivity index is 1.42. The number of hydrogen-bond acceptors (Lipinski definition) is 4. The van der Waals surface area contributed by atoms with E-state index in [4.69, 9.17) is 14.8 Å². The second-order valence-electron chi connectivity index (χ2n) is 9.10. The van der Waals surface area contributed by atoms with Gasteiger partial charge >= 0.3 is 0 Å². The van der Waals surface area contributed by atoms with Crippen LogP contribution in [0, 0.1) is 13.8 Å². The molecule has 1 atom stereocenters. The summed E-state index contributed by atoms with van der Waals surface area (Å²) in [5, 5.41) is 4.83. The highest BCUT2D eigenvalue weighted by Gasteiger charge is 2.32. The van der Waals surface area contributed by atoms with E-state index in [1.54, 1.807) is 7.11 Å². The minimum atomic E-state index is 0.378. The van der Waals surface area contributed by atoms with E-state index < -0.39 is 0 Å². The maximum Gasteiger partial charge on any atom is 0.163 e. The summed E-state index contributed by atoms with van der Waals surface area (Å²) >= 11 is 0. The Hall–Kier alpha value is -3.18. The summed E-state index contributed by atoms with van der Waals surface area (Å²) in [6.45, 7) is 6.31. The topological polar surface area (TPSA) is 42.7 Å². The van der Waals surface area contributed by atoms with Crippen LogP contribution in [0.2, 0.25) is 0 Å². The number of ether oxygens (including phenoxy) is 1. The number of rotatable bonds is 3. The Morgan fingerprint density at radius 1 is 1.00 bits per heavy atom. The summed E-state index contributed by atoms with van der Waals surface area (Å²) in [5.41, 5.74) is 11.0. The lowest BCUT2D eigenvalue weighted by Crippen LogP contribution is -2.33. The van der Waals surface area contributed by atoms with Gasteiger partial charge in [-0.05, 0) is 73.1 Å². The third-order valence-corrected chi connectivity index (χ3v) is 7.20. The van der Waals surface area contributed by atoms with Crippen LogP contribution in [0.4, 0.5) is 0 Å². The zero-order chi connectivity index (χ0) is 21.8. The van der Waals surface area contributed by atoms with Gasteiger partial charge < -0.3 is 4.74 Å². The van der Waals surface area contributed by atoms with Crippen LogP contribution in [0.5, 0.6) is 5.75 Å². The Bertz CT molecular complexity index is 1340. The van der Waals surface area contributed by atoms with Crippen LogP contribution >= 0.6 is 0 Å². The number of fused-ring (bicyclic) bond motifs is 3. The quantitative estimate of drug-likeness (QED) is 0.461. The Labute approximate surface area is 188 Å². The average Bonchev–Trinajstić information content (AvgIpc) is 3.36. The van der Waals surface area contributed by atoms with Gasteiger partial charge in [-0.15, -0.1) is 0 Å². The fraction of sp³-hybridized carbons (Fsp3) is 0.333. The van der Waals surface area contributed by atoms with Gasteiger partial charge in [0.15, 0.2) is 5.65 Å². The van der Waals surface area contributed by atoms with Crippen LogP contribution in [0.1, 0.15) is 46.1 Å². The van der Waals surface area contributed by atoms with Crippen LogP contribution in [0.3, 0.4) is 0 Å². The van der Waals surface area contributed by atoms with Crippen molar-refractivity contribution in [1.29, 1.82) is 0 Å². The zero-order valence-electron chi connectivity index (χ0n) is 18.9. The molecule has 0 saturated heterocycles. The van der Waals surface area contributed by atoms with Crippen molar-refractivity contribution in [1.82, 2.24) is 19.5 Å². The lowest BCUT2D eigenvalue weighted by molar-refractivity contribution is 0.176. The van der Waals surface area contributed by atoms with Gasteiger partial charge in [0.2, 0.25) is 0 Å². The summed E-state index contributed by atoms with van der Waals surface area (Å²) in [5.74, 6) is 0.875. The molecule has 0 N–H and O–H groups in total. The smallest absolute Gasteiger partial charge is 0.163 e. The number of benzene rings is 2. The van der Waals surface area contributed by atoms with Crippen LogP contribution in [0.15, 0.2) is 48.7 Å². The van der Waals surface area contributed by atoms with E-state index in [-0.39, 0.29) is 0 Å². The fourth-order valence-corrected chi connectivity index (χ4v) is 5.54. The molecule has 1 aliphatic carbocycles. The first-order chi connectivity index (χ1) is 15.6. The summed E-state index contributed by atoms with van der Waals surface area (Å²) in [7, 11) is 1.71. The van der Waals surface area contributed by atoms with Gasteiger partial charge in [0.25, 0.3) is 0 Å². The van der Waals surface area contributed by atoms with E-state index in [1.165, 1.54) is 33.5 Å². The van der Waals surface area contributed by atoms with E-state index in [0.29, 0.717) is 6.04 Å². The van der Waals surface area contributed by atoms with E-state index in [0.717, 1.165) is 55.0 Å². The number of hydrogen-bond donors (Lipinski definition) is 0. The van der Waals surface area contributed by atoms with Gasteiger partial charge in [-0.25, -0.2) is 9.50 Å². The van der Waals surface area contributed by atoms with Crippen LogP contribution in [-0.4, -0.2) is 33.2 Å². The highest BCUT2D eigenvalue weighted by atomic mass is 16.5. The second-order valence-corrected chi connectivity index (χ2v) is 9.10. The molecule has 5 nitrogen and oxygen atoms in total. The molecule has 0 saturated carbocycles. The minimum Gasteiger partial charge on any atom is -0.497 e. The normalized spacial score (nSPS) is 18.0. The number of aromatic nitrogens is 3. The minimum absolute atomic E-state index is 0.378. The third-order valence-electron chi connectivity index (χ3n) is 7.20. The SMILES string of the molecule is COc1ccc(-c2c(C)nn3cc4c(nc23)C(N2CCc3ccccc3C2)CC4)c(C)c1.